The predicted octanol–water partition coefficient (Wildman–Crippen LogP) is 5.47. The molecule has 0 bridgehead atoms. The third kappa shape index (κ3) is 1.83. The van der Waals surface area contributed by atoms with Crippen LogP contribution in [0, 0.1) is 0 Å². The summed E-state index contributed by atoms with van der Waals surface area (Å²) in [5.41, 5.74) is 8.88. The number of rotatable bonds is 1. The summed E-state index contributed by atoms with van der Waals surface area (Å²) in [6, 6.07) is 27.8. The Morgan fingerprint density at radius 2 is 1.39 bits per heavy atom. The molecule has 0 N–H and O–H groups in total. The summed E-state index contributed by atoms with van der Waals surface area (Å²) >= 11 is 0. The molecule has 0 amide bonds. The molecule has 1 nitrogen and oxygen atoms in total. The molecule has 1 heteroatoms. The van der Waals surface area contributed by atoms with Crippen LogP contribution in [-0.2, 0) is 6.42 Å². The zero-order chi connectivity index (χ0) is 15.2. The van der Waals surface area contributed by atoms with Crippen molar-refractivity contribution in [2.75, 3.05) is 0 Å². The summed E-state index contributed by atoms with van der Waals surface area (Å²) in [5, 5.41) is 1.23. The molecule has 0 radical (unpaired) electrons. The second-order valence-electron chi connectivity index (χ2n) is 6.03. The average Bonchev–Trinajstić information content (AvgIpc) is 2.98. The lowest BCUT2D eigenvalue weighted by atomic mass is 9.92. The smallest absolute Gasteiger partial charge is 0.0712 e. The molecule has 1 aliphatic carbocycles. The number of benzene rings is 3. The fourth-order valence-corrected chi connectivity index (χ4v) is 3.68. The van der Waals surface area contributed by atoms with E-state index in [0.29, 0.717) is 0 Å². The third-order valence-electron chi connectivity index (χ3n) is 4.67. The van der Waals surface area contributed by atoms with Crippen LogP contribution in [0.3, 0.4) is 0 Å². The molecule has 0 fully saturated rings. The number of hydrogen-bond donors (Lipinski definition) is 0. The first-order valence-corrected chi connectivity index (χ1v) is 7.97. The van der Waals surface area contributed by atoms with Gasteiger partial charge in [-0.1, -0.05) is 72.8 Å². The van der Waals surface area contributed by atoms with Crippen molar-refractivity contribution < 1.29 is 0 Å². The maximum absolute atomic E-state index is 4.96. The molecule has 0 spiro atoms. The summed E-state index contributed by atoms with van der Waals surface area (Å²) in [6.45, 7) is 0. The normalized spacial score (nSPS) is 12.2. The quantitative estimate of drug-likeness (QED) is 0.399. The largest absolute Gasteiger partial charge is 0.252 e. The third-order valence-corrected chi connectivity index (χ3v) is 4.67. The lowest BCUT2D eigenvalue weighted by Gasteiger charge is -2.13. The number of pyridine rings is 1. The Hall–Kier alpha value is -2.93. The minimum Gasteiger partial charge on any atom is -0.252 e. The summed E-state index contributed by atoms with van der Waals surface area (Å²) in [7, 11) is 0. The first-order valence-electron chi connectivity index (χ1n) is 7.97. The van der Waals surface area contributed by atoms with Gasteiger partial charge in [0.05, 0.1) is 11.2 Å². The van der Waals surface area contributed by atoms with E-state index in [0.717, 1.165) is 11.9 Å². The van der Waals surface area contributed by atoms with Gasteiger partial charge in [-0.15, -0.1) is 0 Å². The first-order chi connectivity index (χ1) is 11.4. The van der Waals surface area contributed by atoms with Crippen molar-refractivity contribution in [1.82, 2.24) is 4.98 Å². The molecule has 4 aromatic rings. The van der Waals surface area contributed by atoms with Crippen molar-refractivity contribution in [3.63, 3.8) is 0 Å². The van der Waals surface area contributed by atoms with Crippen LogP contribution in [0.5, 0.6) is 0 Å². The predicted molar refractivity (Wildman–Crippen MR) is 95.4 cm³/mol. The van der Waals surface area contributed by atoms with E-state index < -0.39 is 0 Å². The molecular formula is C22H15N. The van der Waals surface area contributed by atoms with Gasteiger partial charge in [0.1, 0.15) is 0 Å². The molecule has 3 aromatic carbocycles. The monoisotopic (exact) mass is 293 g/mol. The molecule has 0 atom stereocenters. The zero-order valence-corrected chi connectivity index (χ0v) is 12.7. The molecule has 1 heterocycles. The summed E-state index contributed by atoms with van der Waals surface area (Å²) in [6.07, 6.45) is 0.927. The Morgan fingerprint density at radius 3 is 2.30 bits per heavy atom. The van der Waals surface area contributed by atoms with Gasteiger partial charge in [0, 0.05) is 22.9 Å². The molecule has 1 aliphatic rings. The minimum atomic E-state index is 0.927. The van der Waals surface area contributed by atoms with Crippen molar-refractivity contribution >= 4 is 10.9 Å². The van der Waals surface area contributed by atoms with Crippen molar-refractivity contribution in [3.8, 4) is 22.3 Å². The van der Waals surface area contributed by atoms with Gasteiger partial charge >= 0.3 is 0 Å². The van der Waals surface area contributed by atoms with Crippen molar-refractivity contribution in [2.45, 2.75) is 6.42 Å². The molecule has 0 aliphatic heterocycles. The second kappa shape index (κ2) is 4.79. The standard InChI is InChI=1S/C22H15N/c1-2-8-15(9-3-1)21-18-12-6-7-13-19(18)23-20-14-16-10-4-5-11-17(16)22(20)21/h1-13H,14H2. The van der Waals surface area contributed by atoms with E-state index >= 15 is 0 Å². The SMILES string of the molecule is c1ccc(-c2c3c(nc4ccccc24)Cc2ccccc2-3)cc1. The molecule has 0 unspecified atom stereocenters. The van der Waals surface area contributed by atoms with E-state index in [1.165, 1.54) is 38.9 Å². The van der Waals surface area contributed by atoms with Gasteiger partial charge in [-0.25, -0.2) is 0 Å². The van der Waals surface area contributed by atoms with Gasteiger partial charge in [-0.2, -0.15) is 0 Å². The highest BCUT2D eigenvalue weighted by atomic mass is 14.7. The van der Waals surface area contributed by atoms with Gasteiger partial charge in [-0.05, 0) is 22.8 Å². The number of aromatic nitrogens is 1. The lowest BCUT2D eigenvalue weighted by Crippen LogP contribution is -1.93. The fraction of sp³-hybridized carbons (Fsp3) is 0.0455. The highest BCUT2D eigenvalue weighted by Gasteiger charge is 2.24. The summed E-state index contributed by atoms with van der Waals surface area (Å²) in [5.74, 6) is 0. The van der Waals surface area contributed by atoms with Crippen LogP contribution in [0.25, 0.3) is 33.2 Å². The van der Waals surface area contributed by atoms with Crippen molar-refractivity contribution in [1.29, 1.82) is 0 Å². The van der Waals surface area contributed by atoms with E-state index in [1.807, 2.05) is 0 Å². The Kier molecular flexibility index (Phi) is 2.62. The van der Waals surface area contributed by atoms with Crippen molar-refractivity contribution in [3.05, 3.63) is 90.1 Å². The molecule has 5 rings (SSSR count). The molecule has 0 saturated carbocycles. The Morgan fingerprint density at radius 1 is 0.652 bits per heavy atom. The van der Waals surface area contributed by atoms with Crippen LogP contribution < -0.4 is 0 Å². The minimum absolute atomic E-state index is 0.927. The average molecular weight is 293 g/mol. The number of nitrogens with zero attached hydrogens (tertiary/aromatic N) is 1. The van der Waals surface area contributed by atoms with Gasteiger partial charge in [0.2, 0.25) is 0 Å². The second-order valence-corrected chi connectivity index (χ2v) is 6.03. The van der Waals surface area contributed by atoms with E-state index in [9.17, 15) is 0 Å². The molecule has 23 heavy (non-hydrogen) atoms. The topological polar surface area (TPSA) is 12.9 Å². The Bertz CT molecular complexity index is 1030. The first kappa shape index (κ1) is 12.6. The van der Waals surface area contributed by atoms with E-state index in [-0.39, 0.29) is 0 Å². The lowest BCUT2D eigenvalue weighted by molar-refractivity contribution is 1.15. The highest BCUT2D eigenvalue weighted by Crippen LogP contribution is 2.45. The molecule has 1 aromatic heterocycles. The van der Waals surface area contributed by atoms with Gasteiger partial charge < -0.3 is 0 Å². The maximum Gasteiger partial charge on any atom is 0.0712 e. The van der Waals surface area contributed by atoms with Crippen molar-refractivity contribution in [2.24, 2.45) is 0 Å². The van der Waals surface area contributed by atoms with E-state index in [4.69, 9.17) is 4.98 Å². The Balaban J connectivity index is 1.96. The highest BCUT2D eigenvalue weighted by molar-refractivity contribution is 6.04. The van der Waals surface area contributed by atoms with Crippen LogP contribution in [0.15, 0.2) is 78.9 Å². The van der Waals surface area contributed by atoms with Crippen LogP contribution in [-0.4, -0.2) is 4.98 Å². The number of hydrogen-bond acceptors (Lipinski definition) is 1. The van der Waals surface area contributed by atoms with Gasteiger partial charge in [0.15, 0.2) is 0 Å². The summed E-state index contributed by atoms with van der Waals surface area (Å²) < 4.78 is 0. The molecular weight excluding hydrogens is 278 g/mol. The summed E-state index contributed by atoms with van der Waals surface area (Å²) in [4.78, 5) is 4.96. The molecule has 0 saturated heterocycles. The fourth-order valence-electron chi connectivity index (χ4n) is 3.68. The van der Waals surface area contributed by atoms with E-state index in [2.05, 4.69) is 78.9 Å². The number of para-hydroxylation sites is 1. The van der Waals surface area contributed by atoms with Gasteiger partial charge in [0.25, 0.3) is 0 Å². The van der Waals surface area contributed by atoms with Gasteiger partial charge in [-0.3, -0.25) is 4.98 Å². The zero-order valence-electron chi connectivity index (χ0n) is 12.7. The maximum atomic E-state index is 4.96. The van der Waals surface area contributed by atoms with Crippen LogP contribution >= 0.6 is 0 Å². The van der Waals surface area contributed by atoms with E-state index in [1.54, 1.807) is 0 Å². The van der Waals surface area contributed by atoms with Crippen LogP contribution in [0.2, 0.25) is 0 Å². The Labute approximate surface area is 135 Å². The number of fused-ring (bicyclic) bond motifs is 4. The molecule has 108 valence electrons. The van der Waals surface area contributed by atoms with Crippen LogP contribution in [0.1, 0.15) is 11.3 Å². The van der Waals surface area contributed by atoms with Crippen LogP contribution in [0.4, 0.5) is 0 Å².